The highest BCUT2D eigenvalue weighted by Crippen LogP contribution is 2.37. The predicted molar refractivity (Wildman–Crippen MR) is 89.2 cm³/mol. The Balaban J connectivity index is 2.18. The molecule has 3 nitrogen and oxygen atoms in total. The van der Waals surface area contributed by atoms with Crippen LogP contribution in [0.2, 0.25) is 0 Å². The average Bonchev–Trinajstić information content (AvgIpc) is 2.48. The van der Waals surface area contributed by atoms with E-state index in [4.69, 9.17) is 0 Å². The minimum Gasteiger partial charge on any atom is -0.508 e. The standard InChI is InChI=1S/C19H17NO2/c1-14-5-2-6-15(11-14)20(16-7-3-9-18(21)12-16)17-8-4-10-19(22)13-17/h2-13,21-22H,1H3. The van der Waals surface area contributed by atoms with Gasteiger partial charge in [0.25, 0.3) is 0 Å². The molecule has 0 bridgehead atoms. The number of aryl methyl sites for hydroxylation is 1. The summed E-state index contributed by atoms with van der Waals surface area (Å²) in [5.74, 6) is 0.408. The van der Waals surface area contributed by atoms with Crippen LogP contribution < -0.4 is 4.90 Å². The van der Waals surface area contributed by atoms with Gasteiger partial charge in [-0.2, -0.15) is 0 Å². The van der Waals surface area contributed by atoms with Crippen molar-refractivity contribution in [3.8, 4) is 11.5 Å². The Bertz CT molecular complexity index is 691. The van der Waals surface area contributed by atoms with Crippen LogP contribution in [0.3, 0.4) is 0 Å². The lowest BCUT2D eigenvalue weighted by Crippen LogP contribution is -2.09. The van der Waals surface area contributed by atoms with Crippen molar-refractivity contribution in [3.05, 3.63) is 78.4 Å². The number of anilines is 3. The first-order chi connectivity index (χ1) is 10.6. The summed E-state index contributed by atoms with van der Waals surface area (Å²) in [5, 5.41) is 19.6. The van der Waals surface area contributed by atoms with Crippen LogP contribution in [0.25, 0.3) is 0 Å². The third kappa shape index (κ3) is 2.88. The van der Waals surface area contributed by atoms with Crippen molar-refractivity contribution < 1.29 is 10.2 Å². The maximum absolute atomic E-state index is 9.79. The van der Waals surface area contributed by atoms with Gasteiger partial charge in [-0.1, -0.05) is 24.3 Å². The summed E-state index contributed by atoms with van der Waals surface area (Å²) in [4.78, 5) is 1.99. The molecule has 2 N–H and O–H groups in total. The van der Waals surface area contributed by atoms with Crippen molar-refractivity contribution in [3.63, 3.8) is 0 Å². The number of phenols is 2. The zero-order valence-corrected chi connectivity index (χ0v) is 12.3. The molecule has 0 amide bonds. The molecule has 0 unspecified atom stereocenters. The topological polar surface area (TPSA) is 43.7 Å². The zero-order valence-electron chi connectivity index (χ0n) is 12.3. The highest BCUT2D eigenvalue weighted by Gasteiger charge is 2.13. The smallest absolute Gasteiger partial charge is 0.117 e. The average molecular weight is 291 g/mol. The molecule has 0 aliphatic carbocycles. The first-order valence-corrected chi connectivity index (χ1v) is 7.08. The quantitative estimate of drug-likeness (QED) is 0.723. The summed E-state index contributed by atoms with van der Waals surface area (Å²) in [7, 11) is 0. The van der Waals surface area contributed by atoms with Gasteiger partial charge in [0.05, 0.1) is 0 Å². The second-order valence-corrected chi connectivity index (χ2v) is 5.21. The van der Waals surface area contributed by atoms with E-state index in [1.54, 1.807) is 36.4 Å². The third-order valence-electron chi connectivity index (χ3n) is 3.44. The van der Waals surface area contributed by atoms with Crippen molar-refractivity contribution in [1.82, 2.24) is 0 Å². The van der Waals surface area contributed by atoms with Gasteiger partial charge in [0.15, 0.2) is 0 Å². The summed E-state index contributed by atoms with van der Waals surface area (Å²) in [6.07, 6.45) is 0. The maximum Gasteiger partial charge on any atom is 0.117 e. The molecule has 0 spiro atoms. The van der Waals surface area contributed by atoms with E-state index in [1.165, 1.54) is 0 Å². The van der Waals surface area contributed by atoms with E-state index in [0.29, 0.717) is 0 Å². The molecule has 3 aromatic carbocycles. The number of phenolic OH excluding ortho intramolecular Hbond substituents is 2. The molecule has 0 aromatic heterocycles. The van der Waals surface area contributed by atoms with E-state index >= 15 is 0 Å². The van der Waals surface area contributed by atoms with E-state index in [0.717, 1.165) is 22.6 Å². The predicted octanol–water partition coefficient (Wildman–Crippen LogP) is 4.88. The fourth-order valence-corrected chi connectivity index (χ4v) is 2.48. The van der Waals surface area contributed by atoms with Crippen LogP contribution >= 0.6 is 0 Å². The Morgan fingerprint density at radius 2 is 1.09 bits per heavy atom. The van der Waals surface area contributed by atoms with Crippen molar-refractivity contribution >= 4 is 17.1 Å². The van der Waals surface area contributed by atoms with Gasteiger partial charge in [-0.3, -0.25) is 0 Å². The molecule has 3 heteroatoms. The van der Waals surface area contributed by atoms with Gasteiger partial charge in [0, 0.05) is 29.2 Å². The summed E-state index contributed by atoms with van der Waals surface area (Å²) < 4.78 is 0. The third-order valence-corrected chi connectivity index (χ3v) is 3.44. The molecule has 0 atom stereocenters. The van der Waals surface area contributed by atoms with Crippen LogP contribution in [0.4, 0.5) is 17.1 Å². The van der Waals surface area contributed by atoms with E-state index < -0.39 is 0 Å². The van der Waals surface area contributed by atoms with E-state index in [1.807, 2.05) is 42.2 Å². The highest BCUT2D eigenvalue weighted by atomic mass is 16.3. The van der Waals surface area contributed by atoms with Crippen molar-refractivity contribution in [2.24, 2.45) is 0 Å². The molecular weight excluding hydrogens is 274 g/mol. The largest absolute Gasteiger partial charge is 0.508 e. The Morgan fingerprint density at radius 3 is 1.55 bits per heavy atom. The molecule has 3 aromatic rings. The van der Waals surface area contributed by atoms with Gasteiger partial charge in [0.2, 0.25) is 0 Å². The molecule has 0 aliphatic rings. The molecule has 0 heterocycles. The van der Waals surface area contributed by atoms with Crippen molar-refractivity contribution in [1.29, 1.82) is 0 Å². The maximum atomic E-state index is 9.79. The summed E-state index contributed by atoms with van der Waals surface area (Å²) in [5.41, 5.74) is 3.77. The van der Waals surface area contributed by atoms with E-state index in [9.17, 15) is 10.2 Å². The van der Waals surface area contributed by atoms with Gasteiger partial charge in [-0.25, -0.2) is 0 Å². The van der Waals surface area contributed by atoms with Crippen LogP contribution in [0.1, 0.15) is 5.56 Å². The van der Waals surface area contributed by atoms with Gasteiger partial charge >= 0.3 is 0 Å². The lowest BCUT2D eigenvalue weighted by atomic mass is 10.1. The summed E-state index contributed by atoms with van der Waals surface area (Å²) >= 11 is 0. The van der Waals surface area contributed by atoms with E-state index in [2.05, 4.69) is 6.07 Å². The first kappa shape index (κ1) is 14.0. The Labute approximate surface area is 129 Å². The number of hydrogen-bond acceptors (Lipinski definition) is 3. The fraction of sp³-hybridized carbons (Fsp3) is 0.0526. The van der Waals surface area contributed by atoms with Crippen LogP contribution in [-0.4, -0.2) is 10.2 Å². The van der Waals surface area contributed by atoms with E-state index in [-0.39, 0.29) is 11.5 Å². The zero-order chi connectivity index (χ0) is 15.5. The lowest BCUT2D eigenvalue weighted by molar-refractivity contribution is 0.475. The normalized spacial score (nSPS) is 10.4. The van der Waals surface area contributed by atoms with Crippen LogP contribution in [0.5, 0.6) is 11.5 Å². The SMILES string of the molecule is Cc1cccc(N(c2cccc(O)c2)c2cccc(O)c2)c1. The number of nitrogens with zero attached hydrogens (tertiary/aromatic N) is 1. The Hall–Kier alpha value is -2.94. The molecular formula is C19H17NO2. The molecule has 3 rings (SSSR count). The Kier molecular flexibility index (Phi) is 3.71. The van der Waals surface area contributed by atoms with Gasteiger partial charge in [-0.05, 0) is 48.9 Å². The van der Waals surface area contributed by atoms with Crippen LogP contribution in [-0.2, 0) is 0 Å². The van der Waals surface area contributed by atoms with Crippen molar-refractivity contribution in [2.45, 2.75) is 6.92 Å². The molecule has 0 fully saturated rings. The summed E-state index contributed by atoms with van der Waals surface area (Å²) in [6.45, 7) is 2.03. The molecule has 0 radical (unpaired) electrons. The second-order valence-electron chi connectivity index (χ2n) is 5.21. The van der Waals surface area contributed by atoms with Gasteiger partial charge in [0.1, 0.15) is 11.5 Å². The molecule has 110 valence electrons. The fourth-order valence-electron chi connectivity index (χ4n) is 2.48. The highest BCUT2D eigenvalue weighted by molar-refractivity contribution is 5.77. The van der Waals surface area contributed by atoms with Crippen molar-refractivity contribution in [2.75, 3.05) is 4.90 Å². The molecule has 0 saturated heterocycles. The Morgan fingerprint density at radius 1 is 0.636 bits per heavy atom. The monoisotopic (exact) mass is 291 g/mol. The second kappa shape index (κ2) is 5.82. The molecule has 22 heavy (non-hydrogen) atoms. The minimum absolute atomic E-state index is 0.204. The lowest BCUT2D eigenvalue weighted by Gasteiger charge is -2.26. The summed E-state index contributed by atoms with van der Waals surface area (Å²) in [6, 6.07) is 22.2. The van der Waals surface area contributed by atoms with Gasteiger partial charge < -0.3 is 15.1 Å². The first-order valence-electron chi connectivity index (χ1n) is 7.08. The number of benzene rings is 3. The molecule has 0 saturated carbocycles. The van der Waals surface area contributed by atoms with Crippen LogP contribution in [0, 0.1) is 6.92 Å². The molecule has 0 aliphatic heterocycles. The number of hydrogen-bond donors (Lipinski definition) is 2. The number of aromatic hydroxyl groups is 2. The van der Waals surface area contributed by atoms with Gasteiger partial charge in [-0.15, -0.1) is 0 Å². The minimum atomic E-state index is 0.204. The number of rotatable bonds is 3. The van der Waals surface area contributed by atoms with Crippen LogP contribution in [0.15, 0.2) is 72.8 Å².